The van der Waals surface area contributed by atoms with Crippen molar-refractivity contribution in [3.63, 3.8) is 0 Å². The molecule has 0 aliphatic carbocycles. The number of ether oxygens (including phenoxy) is 2. The van der Waals surface area contributed by atoms with Gasteiger partial charge in [-0.3, -0.25) is 0 Å². The van der Waals surface area contributed by atoms with Crippen molar-refractivity contribution in [3.8, 4) is 11.8 Å². The van der Waals surface area contributed by atoms with Gasteiger partial charge in [-0.2, -0.15) is 0 Å². The van der Waals surface area contributed by atoms with E-state index in [-0.39, 0.29) is 0 Å². The SMILES string of the molecule is COc1nc2ccccc2nc1OCCC[C@H]1CCCCN1. The molecule has 1 saturated heterocycles. The molecule has 1 N–H and O–H groups in total. The van der Waals surface area contributed by atoms with E-state index in [1.807, 2.05) is 24.3 Å². The van der Waals surface area contributed by atoms with Gasteiger partial charge < -0.3 is 14.8 Å². The lowest BCUT2D eigenvalue weighted by atomic mass is 10.0. The number of nitrogens with zero attached hydrogens (tertiary/aromatic N) is 2. The van der Waals surface area contributed by atoms with Crippen LogP contribution in [-0.2, 0) is 0 Å². The van der Waals surface area contributed by atoms with Gasteiger partial charge in [0.2, 0.25) is 0 Å². The predicted molar refractivity (Wildman–Crippen MR) is 86.5 cm³/mol. The van der Waals surface area contributed by atoms with Gasteiger partial charge in [-0.25, -0.2) is 9.97 Å². The summed E-state index contributed by atoms with van der Waals surface area (Å²) in [4.78, 5) is 8.95. The van der Waals surface area contributed by atoms with Gasteiger partial charge in [0.15, 0.2) is 0 Å². The summed E-state index contributed by atoms with van der Waals surface area (Å²) in [6, 6.07) is 8.38. The third-order valence-corrected chi connectivity index (χ3v) is 4.05. The summed E-state index contributed by atoms with van der Waals surface area (Å²) in [5.74, 6) is 0.937. The smallest absolute Gasteiger partial charge is 0.278 e. The van der Waals surface area contributed by atoms with E-state index in [0.29, 0.717) is 24.4 Å². The van der Waals surface area contributed by atoms with E-state index >= 15 is 0 Å². The first-order valence-corrected chi connectivity index (χ1v) is 8.04. The van der Waals surface area contributed by atoms with Crippen LogP contribution >= 0.6 is 0 Å². The van der Waals surface area contributed by atoms with Crippen LogP contribution in [0.5, 0.6) is 11.8 Å². The molecule has 0 amide bonds. The number of piperidine rings is 1. The summed E-state index contributed by atoms with van der Waals surface area (Å²) in [6.07, 6.45) is 6.07. The molecule has 118 valence electrons. The third kappa shape index (κ3) is 3.65. The minimum absolute atomic E-state index is 0.453. The lowest BCUT2D eigenvalue weighted by Gasteiger charge is -2.23. The number of aromatic nitrogens is 2. The van der Waals surface area contributed by atoms with Crippen LogP contribution in [0.2, 0.25) is 0 Å². The quantitative estimate of drug-likeness (QED) is 0.831. The van der Waals surface area contributed by atoms with Gasteiger partial charge in [0.1, 0.15) is 0 Å². The molecule has 0 unspecified atom stereocenters. The normalized spacial score (nSPS) is 18.3. The molecule has 5 heteroatoms. The Kier molecular flexibility index (Phi) is 5.06. The average molecular weight is 301 g/mol. The summed E-state index contributed by atoms with van der Waals surface area (Å²) >= 11 is 0. The number of fused-ring (bicyclic) bond motifs is 1. The van der Waals surface area contributed by atoms with Crippen LogP contribution in [0.25, 0.3) is 11.0 Å². The van der Waals surface area contributed by atoms with E-state index in [0.717, 1.165) is 30.4 Å². The molecule has 1 atom stereocenters. The lowest BCUT2D eigenvalue weighted by Crippen LogP contribution is -2.34. The fourth-order valence-corrected chi connectivity index (χ4v) is 2.86. The highest BCUT2D eigenvalue weighted by Crippen LogP contribution is 2.25. The molecule has 0 spiro atoms. The van der Waals surface area contributed by atoms with Crippen molar-refractivity contribution in [3.05, 3.63) is 24.3 Å². The van der Waals surface area contributed by atoms with E-state index in [4.69, 9.17) is 9.47 Å². The second-order valence-corrected chi connectivity index (χ2v) is 5.66. The Morgan fingerprint density at radius 1 is 1.14 bits per heavy atom. The minimum Gasteiger partial charge on any atom is -0.477 e. The number of nitrogens with one attached hydrogen (secondary N) is 1. The Morgan fingerprint density at radius 3 is 2.59 bits per heavy atom. The maximum Gasteiger partial charge on any atom is 0.278 e. The van der Waals surface area contributed by atoms with Crippen molar-refractivity contribution >= 4 is 11.0 Å². The first-order valence-electron chi connectivity index (χ1n) is 8.04. The highest BCUT2D eigenvalue weighted by molar-refractivity contribution is 5.75. The molecule has 1 fully saturated rings. The minimum atomic E-state index is 0.453. The summed E-state index contributed by atoms with van der Waals surface area (Å²) in [7, 11) is 1.59. The molecule has 1 aliphatic heterocycles. The Balaban J connectivity index is 1.58. The average Bonchev–Trinajstić information content (AvgIpc) is 2.59. The van der Waals surface area contributed by atoms with Gasteiger partial charge in [0.25, 0.3) is 11.8 Å². The molecular weight excluding hydrogens is 278 g/mol. The summed E-state index contributed by atoms with van der Waals surface area (Å²) < 4.78 is 11.1. The van der Waals surface area contributed by atoms with E-state index < -0.39 is 0 Å². The van der Waals surface area contributed by atoms with Gasteiger partial charge in [-0.15, -0.1) is 0 Å². The van der Waals surface area contributed by atoms with Gasteiger partial charge >= 0.3 is 0 Å². The topological polar surface area (TPSA) is 56.3 Å². The number of benzene rings is 1. The Bertz CT molecular complexity index is 612. The lowest BCUT2D eigenvalue weighted by molar-refractivity contribution is 0.259. The molecule has 2 heterocycles. The van der Waals surface area contributed by atoms with Crippen LogP contribution < -0.4 is 14.8 Å². The zero-order chi connectivity index (χ0) is 15.2. The maximum atomic E-state index is 5.80. The van der Waals surface area contributed by atoms with Crippen LogP contribution in [0.15, 0.2) is 24.3 Å². The zero-order valence-corrected chi connectivity index (χ0v) is 13.0. The van der Waals surface area contributed by atoms with Gasteiger partial charge in [0.05, 0.1) is 24.8 Å². The number of hydrogen-bond acceptors (Lipinski definition) is 5. The Morgan fingerprint density at radius 2 is 1.91 bits per heavy atom. The van der Waals surface area contributed by atoms with E-state index in [1.165, 1.54) is 19.3 Å². The Labute approximate surface area is 131 Å². The van der Waals surface area contributed by atoms with Crippen molar-refractivity contribution in [2.45, 2.75) is 38.1 Å². The summed E-state index contributed by atoms with van der Waals surface area (Å²) in [5.41, 5.74) is 1.64. The van der Waals surface area contributed by atoms with Gasteiger partial charge in [-0.1, -0.05) is 18.6 Å². The molecule has 1 aromatic carbocycles. The molecule has 0 radical (unpaired) electrons. The van der Waals surface area contributed by atoms with Gasteiger partial charge in [-0.05, 0) is 44.4 Å². The number of rotatable bonds is 6. The van der Waals surface area contributed by atoms with Crippen LogP contribution in [0.1, 0.15) is 32.1 Å². The van der Waals surface area contributed by atoms with Crippen LogP contribution in [0.3, 0.4) is 0 Å². The van der Waals surface area contributed by atoms with Crippen molar-refractivity contribution in [2.24, 2.45) is 0 Å². The Hall–Kier alpha value is -1.88. The number of methoxy groups -OCH3 is 1. The first-order chi connectivity index (χ1) is 10.9. The standard InChI is InChI=1S/C17H23N3O2/c1-21-16-17(20-15-10-3-2-9-14(15)19-16)22-12-6-8-13-7-4-5-11-18-13/h2-3,9-10,13,18H,4-8,11-12H2,1H3/t13-/m1/s1. The molecule has 0 saturated carbocycles. The molecule has 2 aromatic rings. The molecular formula is C17H23N3O2. The van der Waals surface area contributed by atoms with Crippen molar-refractivity contribution in [1.29, 1.82) is 0 Å². The molecule has 0 bridgehead atoms. The summed E-state index contributed by atoms with van der Waals surface area (Å²) in [6.45, 7) is 1.79. The monoisotopic (exact) mass is 301 g/mol. The van der Waals surface area contributed by atoms with E-state index in [1.54, 1.807) is 7.11 Å². The van der Waals surface area contributed by atoms with Gasteiger partial charge in [0, 0.05) is 6.04 Å². The predicted octanol–water partition coefficient (Wildman–Crippen LogP) is 2.94. The second-order valence-electron chi connectivity index (χ2n) is 5.66. The highest BCUT2D eigenvalue weighted by Gasteiger charge is 2.13. The first kappa shape index (κ1) is 15.0. The van der Waals surface area contributed by atoms with E-state index in [9.17, 15) is 0 Å². The maximum absolute atomic E-state index is 5.80. The zero-order valence-electron chi connectivity index (χ0n) is 13.0. The fourth-order valence-electron chi connectivity index (χ4n) is 2.86. The summed E-state index contributed by atoms with van der Waals surface area (Å²) in [5, 5.41) is 3.56. The van der Waals surface area contributed by atoms with Crippen LogP contribution in [0, 0.1) is 0 Å². The molecule has 1 aliphatic rings. The second kappa shape index (κ2) is 7.40. The fraction of sp³-hybridized carbons (Fsp3) is 0.529. The molecule has 3 rings (SSSR count). The molecule has 5 nitrogen and oxygen atoms in total. The third-order valence-electron chi connectivity index (χ3n) is 4.05. The van der Waals surface area contributed by atoms with Crippen molar-refractivity contribution in [1.82, 2.24) is 15.3 Å². The highest BCUT2D eigenvalue weighted by atomic mass is 16.5. The molecule has 22 heavy (non-hydrogen) atoms. The largest absolute Gasteiger partial charge is 0.477 e. The number of hydrogen-bond donors (Lipinski definition) is 1. The molecule has 1 aromatic heterocycles. The van der Waals surface area contributed by atoms with Crippen molar-refractivity contribution in [2.75, 3.05) is 20.3 Å². The van der Waals surface area contributed by atoms with Crippen LogP contribution in [-0.4, -0.2) is 36.3 Å². The van der Waals surface area contributed by atoms with Crippen molar-refractivity contribution < 1.29 is 9.47 Å². The van der Waals surface area contributed by atoms with E-state index in [2.05, 4.69) is 15.3 Å². The van der Waals surface area contributed by atoms with Crippen LogP contribution in [0.4, 0.5) is 0 Å². The number of para-hydroxylation sites is 2.